The van der Waals surface area contributed by atoms with E-state index < -0.39 is 0 Å². The van der Waals surface area contributed by atoms with Crippen LogP contribution in [0.2, 0.25) is 0 Å². The van der Waals surface area contributed by atoms with Crippen LogP contribution in [-0.2, 0) is 23.8 Å². The number of carbonyl (C=O) groups is 1. The molecule has 1 amide bonds. The minimum absolute atomic E-state index is 0.0820. The molecule has 1 N–H and O–H groups in total. The number of likely N-dealkylation sites (N-methyl/N-ethyl adjacent to an activating group) is 1. The Balaban J connectivity index is 1.46. The van der Waals surface area contributed by atoms with Crippen LogP contribution in [0.1, 0.15) is 24.0 Å². The molecule has 0 atom stereocenters. The summed E-state index contributed by atoms with van der Waals surface area (Å²) in [5.74, 6) is 0.0820. The van der Waals surface area contributed by atoms with Gasteiger partial charge in [-0.1, -0.05) is 30.3 Å². The Morgan fingerprint density at radius 1 is 1.35 bits per heavy atom. The van der Waals surface area contributed by atoms with Crippen molar-refractivity contribution >= 4 is 5.91 Å². The molecule has 3 rings (SSSR count). The fraction of sp³-hybridized carbons (Fsp3) is 0.444. The van der Waals surface area contributed by atoms with Gasteiger partial charge in [0.25, 0.3) is 0 Å². The van der Waals surface area contributed by atoms with Gasteiger partial charge in [-0.3, -0.25) is 14.4 Å². The lowest BCUT2D eigenvalue weighted by Crippen LogP contribution is -2.38. The molecule has 23 heavy (non-hydrogen) atoms. The predicted molar refractivity (Wildman–Crippen MR) is 89.9 cm³/mol. The summed E-state index contributed by atoms with van der Waals surface area (Å²) in [7, 11) is 3.85. The maximum absolute atomic E-state index is 12.2. The Bertz CT molecular complexity index is 661. The Hall–Kier alpha value is -2.14. The van der Waals surface area contributed by atoms with Crippen LogP contribution in [0.25, 0.3) is 0 Å². The highest BCUT2D eigenvalue weighted by Gasteiger charge is 2.44. The van der Waals surface area contributed by atoms with Gasteiger partial charge in [-0.2, -0.15) is 5.10 Å². The summed E-state index contributed by atoms with van der Waals surface area (Å²) in [5.41, 5.74) is 2.62. The van der Waals surface area contributed by atoms with Crippen molar-refractivity contribution in [1.29, 1.82) is 0 Å². The zero-order chi connectivity index (χ0) is 16.3. The third kappa shape index (κ3) is 3.99. The fourth-order valence-electron chi connectivity index (χ4n) is 3.00. The molecular formula is C18H24N4O. The molecule has 0 bridgehead atoms. The van der Waals surface area contributed by atoms with Gasteiger partial charge in [-0.15, -0.1) is 0 Å². The minimum Gasteiger partial charge on any atom is -0.354 e. The van der Waals surface area contributed by atoms with E-state index in [9.17, 15) is 4.79 Å². The molecule has 2 aromatic rings. The molecule has 0 unspecified atom stereocenters. The molecule has 5 nitrogen and oxygen atoms in total. The van der Waals surface area contributed by atoms with Crippen molar-refractivity contribution in [1.82, 2.24) is 20.0 Å². The SMILES string of the molecule is CN(CC(=O)NCC1(c2ccccc2)CC1)Cc1cnn(C)c1. The van der Waals surface area contributed by atoms with E-state index in [1.54, 1.807) is 4.68 Å². The number of amides is 1. The van der Waals surface area contributed by atoms with Gasteiger partial charge >= 0.3 is 0 Å². The highest BCUT2D eigenvalue weighted by Crippen LogP contribution is 2.47. The molecule has 122 valence electrons. The van der Waals surface area contributed by atoms with E-state index in [0.29, 0.717) is 6.54 Å². The van der Waals surface area contributed by atoms with E-state index >= 15 is 0 Å². The lowest BCUT2D eigenvalue weighted by Gasteiger charge is -2.19. The van der Waals surface area contributed by atoms with Crippen LogP contribution >= 0.6 is 0 Å². The van der Waals surface area contributed by atoms with E-state index in [0.717, 1.165) is 31.5 Å². The molecule has 1 aromatic carbocycles. The Morgan fingerprint density at radius 3 is 2.70 bits per heavy atom. The zero-order valence-electron chi connectivity index (χ0n) is 13.8. The summed E-state index contributed by atoms with van der Waals surface area (Å²) in [5, 5.41) is 7.25. The first-order valence-electron chi connectivity index (χ1n) is 8.06. The van der Waals surface area contributed by atoms with E-state index in [-0.39, 0.29) is 11.3 Å². The summed E-state index contributed by atoms with van der Waals surface area (Å²) < 4.78 is 1.78. The number of carbonyl (C=O) groups excluding carboxylic acids is 1. The van der Waals surface area contributed by atoms with Crippen LogP contribution in [0.5, 0.6) is 0 Å². The Kier molecular flexibility index (Phi) is 4.48. The molecule has 1 heterocycles. The number of rotatable bonds is 7. The molecule has 0 saturated heterocycles. The van der Waals surface area contributed by atoms with Crippen molar-refractivity contribution in [3.63, 3.8) is 0 Å². The maximum Gasteiger partial charge on any atom is 0.234 e. The van der Waals surface area contributed by atoms with Gasteiger partial charge in [0.05, 0.1) is 12.7 Å². The topological polar surface area (TPSA) is 50.2 Å². The van der Waals surface area contributed by atoms with Crippen molar-refractivity contribution in [2.24, 2.45) is 7.05 Å². The molecule has 1 aliphatic rings. The molecule has 0 spiro atoms. The second-order valence-electron chi connectivity index (χ2n) is 6.62. The number of nitrogens with one attached hydrogen (secondary N) is 1. The van der Waals surface area contributed by atoms with Crippen LogP contribution in [0.15, 0.2) is 42.7 Å². The van der Waals surface area contributed by atoms with Crippen molar-refractivity contribution < 1.29 is 4.79 Å². The number of benzene rings is 1. The van der Waals surface area contributed by atoms with Gasteiger partial charge < -0.3 is 5.32 Å². The van der Waals surface area contributed by atoms with Crippen LogP contribution < -0.4 is 5.32 Å². The molecule has 0 aliphatic heterocycles. The minimum atomic E-state index is 0.0820. The number of nitrogens with zero attached hydrogens (tertiary/aromatic N) is 3. The van der Waals surface area contributed by atoms with Crippen molar-refractivity contribution in [2.45, 2.75) is 24.8 Å². The van der Waals surface area contributed by atoms with E-state index in [1.807, 2.05) is 37.5 Å². The lowest BCUT2D eigenvalue weighted by molar-refractivity contribution is -0.122. The zero-order valence-corrected chi connectivity index (χ0v) is 13.8. The van der Waals surface area contributed by atoms with Crippen LogP contribution in [0.3, 0.4) is 0 Å². The van der Waals surface area contributed by atoms with E-state index in [4.69, 9.17) is 0 Å². The predicted octanol–water partition coefficient (Wildman–Crippen LogP) is 1.70. The second kappa shape index (κ2) is 6.54. The normalized spacial score (nSPS) is 15.6. The number of hydrogen-bond donors (Lipinski definition) is 1. The van der Waals surface area contributed by atoms with Gasteiger partial charge in [-0.25, -0.2) is 0 Å². The number of aromatic nitrogens is 2. The van der Waals surface area contributed by atoms with Gasteiger partial charge in [0, 0.05) is 37.3 Å². The average Bonchev–Trinajstić information content (AvgIpc) is 3.23. The highest BCUT2D eigenvalue weighted by atomic mass is 16.2. The Morgan fingerprint density at radius 2 is 2.09 bits per heavy atom. The van der Waals surface area contributed by atoms with Crippen molar-refractivity contribution in [3.8, 4) is 0 Å². The maximum atomic E-state index is 12.2. The van der Waals surface area contributed by atoms with Crippen LogP contribution in [0.4, 0.5) is 0 Å². The smallest absolute Gasteiger partial charge is 0.234 e. The first-order valence-corrected chi connectivity index (χ1v) is 8.06. The largest absolute Gasteiger partial charge is 0.354 e. The van der Waals surface area contributed by atoms with E-state index in [1.165, 1.54) is 5.56 Å². The molecule has 1 saturated carbocycles. The first-order chi connectivity index (χ1) is 11.1. The summed E-state index contributed by atoms with van der Waals surface area (Å²) in [6.45, 7) is 1.86. The summed E-state index contributed by atoms with van der Waals surface area (Å²) >= 11 is 0. The quantitative estimate of drug-likeness (QED) is 0.846. The van der Waals surface area contributed by atoms with Crippen molar-refractivity contribution in [2.75, 3.05) is 20.1 Å². The van der Waals surface area contributed by atoms with Gasteiger partial charge in [0.1, 0.15) is 0 Å². The summed E-state index contributed by atoms with van der Waals surface area (Å²) in [4.78, 5) is 14.2. The van der Waals surface area contributed by atoms with Crippen LogP contribution in [0, 0.1) is 0 Å². The standard InChI is InChI=1S/C18H24N4O/c1-21(11-15-10-20-22(2)12-15)13-17(23)19-14-18(8-9-18)16-6-4-3-5-7-16/h3-7,10,12H,8-9,11,13-14H2,1-2H3,(H,19,23). The number of aryl methyl sites for hydroxylation is 1. The summed E-state index contributed by atoms with van der Waals surface area (Å²) in [6.07, 6.45) is 6.12. The van der Waals surface area contributed by atoms with Crippen molar-refractivity contribution in [3.05, 3.63) is 53.9 Å². The van der Waals surface area contributed by atoms with E-state index in [2.05, 4.69) is 34.7 Å². The molecule has 5 heteroatoms. The second-order valence-corrected chi connectivity index (χ2v) is 6.62. The number of hydrogen-bond acceptors (Lipinski definition) is 3. The third-order valence-electron chi connectivity index (χ3n) is 4.49. The van der Waals surface area contributed by atoms with Gasteiger partial charge in [0.15, 0.2) is 0 Å². The molecule has 0 radical (unpaired) electrons. The van der Waals surface area contributed by atoms with Gasteiger partial charge in [0.2, 0.25) is 5.91 Å². The van der Waals surface area contributed by atoms with Gasteiger partial charge in [-0.05, 0) is 25.5 Å². The third-order valence-corrected chi connectivity index (χ3v) is 4.49. The van der Waals surface area contributed by atoms with Crippen LogP contribution in [-0.4, -0.2) is 40.7 Å². The monoisotopic (exact) mass is 312 g/mol. The molecule has 1 aliphatic carbocycles. The fourth-order valence-corrected chi connectivity index (χ4v) is 3.00. The highest BCUT2D eigenvalue weighted by molar-refractivity contribution is 5.78. The summed E-state index contributed by atoms with van der Waals surface area (Å²) in [6, 6.07) is 10.5. The first kappa shape index (κ1) is 15.7. The average molecular weight is 312 g/mol. The molecular weight excluding hydrogens is 288 g/mol. The lowest BCUT2D eigenvalue weighted by atomic mass is 9.96. The molecule has 1 aromatic heterocycles. The Labute approximate surface area is 137 Å². The molecule has 1 fully saturated rings.